The fourth-order valence-corrected chi connectivity index (χ4v) is 5.22. The van der Waals surface area contributed by atoms with Gasteiger partial charge in [0.2, 0.25) is 5.91 Å². The van der Waals surface area contributed by atoms with E-state index in [4.69, 9.17) is 0 Å². The molecule has 0 unspecified atom stereocenters. The Hall–Kier alpha value is -0.870. The van der Waals surface area contributed by atoms with E-state index in [1.165, 1.54) is 19.3 Å². The van der Waals surface area contributed by atoms with E-state index in [2.05, 4.69) is 31.0 Å². The molecule has 2 N–H and O–H groups in total. The lowest BCUT2D eigenvalue weighted by Crippen LogP contribution is -2.61. The topological polar surface area (TPSA) is 52.6 Å². The van der Waals surface area contributed by atoms with Crippen LogP contribution >= 0.6 is 0 Å². The summed E-state index contributed by atoms with van der Waals surface area (Å²) in [6.45, 7) is 10.4. The number of hydrogen-bond donors (Lipinski definition) is 2. The summed E-state index contributed by atoms with van der Waals surface area (Å²) in [6, 6.07) is 0. The lowest BCUT2D eigenvalue weighted by molar-refractivity contribution is -0.149. The smallest absolute Gasteiger partial charge is 0.230 e. The van der Waals surface area contributed by atoms with Crippen molar-refractivity contribution in [1.29, 1.82) is 0 Å². The third kappa shape index (κ3) is 3.28. The summed E-state index contributed by atoms with van der Waals surface area (Å²) in [6.07, 6.45) is 6.97. The van der Waals surface area contributed by atoms with Gasteiger partial charge in [0.05, 0.1) is 11.5 Å². The molecular weight excluding hydrogens is 300 g/mol. The molecule has 4 nitrogen and oxygen atoms in total. The fraction of sp³-hybridized carbons (Fsp3) is 0.850. The third-order valence-corrected chi connectivity index (χ3v) is 6.76. The molecule has 136 valence electrons. The molecule has 0 radical (unpaired) electrons. The van der Waals surface area contributed by atoms with Gasteiger partial charge in [-0.1, -0.05) is 25.0 Å². The number of carbonyl (C=O) groups excluding carboxylic acids is 1. The van der Waals surface area contributed by atoms with Crippen LogP contribution in [0.5, 0.6) is 0 Å². The lowest BCUT2D eigenvalue weighted by Gasteiger charge is -2.47. The summed E-state index contributed by atoms with van der Waals surface area (Å²) in [5, 5.41) is 13.5. The molecule has 4 heteroatoms. The summed E-state index contributed by atoms with van der Waals surface area (Å²) in [5.74, 6) is 0.0688. The van der Waals surface area contributed by atoms with Gasteiger partial charge in [-0.2, -0.15) is 0 Å². The Morgan fingerprint density at radius 3 is 2.79 bits per heavy atom. The quantitative estimate of drug-likeness (QED) is 0.780. The highest BCUT2D eigenvalue weighted by Crippen LogP contribution is 2.42. The van der Waals surface area contributed by atoms with Crippen LogP contribution in [0.25, 0.3) is 0 Å². The normalized spacial score (nSPS) is 34.5. The fourth-order valence-electron chi connectivity index (χ4n) is 5.22. The first kappa shape index (κ1) is 17.9. The molecule has 3 rings (SSSR count). The van der Waals surface area contributed by atoms with E-state index in [9.17, 15) is 9.90 Å². The van der Waals surface area contributed by atoms with Gasteiger partial charge in [-0.05, 0) is 57.3 Å². The molecular formula is C20H34N2O2. The second-order valence-corrected chi connectivity index (χ2v) is 8.84. The van der Waals surface area contributed by atoms with Gasteiger partial charge in [-0.15, -0.1) is 0 Å². The van der Waals surface area contributed by atoms with Gasteiger partial charge in [-0.25, -0.2) is 0 Å². The first-order valence-corrected chi connectivity index (χ1v) is 9.73. The number of nitrogens with zero attached hydrogens (tertiary/aromatic N) is 1. The number of rotatable bonds is 3. The van der Waals surface area contributed by atoms with Crippen LogP contribution in [-0.2, 0) is 4.79 Å². The number of aliphatic hydroxyl groups is 1. The maximum Gasteiger partial charge on any atom is 0.230 e. The standard InChI is InChI=1S/C20H34N2O2/c1-15-6-4-9-19(2,3)16(15)7-12-22-13-8-17(23)20(14-22)10-5-11-21-18(20)24/h17,23H,4-14H2,1-3H3,(H,21,24)/t17-,20+/m0/s1. The van der Waals surface area contributed by atoms with Gasteiger partial charge >= 0.3 is 0 Å². The van der Waals surface area contributed by atoms with Gasteiger partial charge in [0.15, 0.2) is 0 Å². The van der Waals surface area contributed by atoms with Crippen molar-refractivity contribution in [2.45, 2.75) is 71.8 Å². The van der Waals surface area contributed by atoms with E-state index in [1.807, 2.05) is 0 Å². The predicted molar refractivity (Wildman–Crippen MR) is 96.7 cm³/mol. The number of amides is 1. The van der Waals surface area contributed by atoms with Gasteiger partial charge in [0.25, 0.3) is 0 Å². The Labute approximate surface area is 146 Å². The number of hydrogen-bond acceptors (Lipinski definition) is 3. The zero-order chi connectivity index (χ0) is 17.4. The van der Waals surface area contributed by atoms with Crippen LogP contribution in [0.3, 0.4) is 0 Å². The maximum atomic E-state index is 12.5. The highest BCUT2D eigenvalue weighted by atomic mass is 16.3. The molecule has 2 atom stereocenters. The zero-order valence-electron chi connectivity index (χ0n) is 15.7. The molecule has 2 aliphatic heterocycles. The van der Waals surface area contributed by atoms with Crippen molar-refractivity contribution in [2.24, 2.45) is 10.8 Å². The average molecular weight is 335 g/mol. The monoisotopic (exact) mass is 334 g/mol. The van der Waals surface area contributed by atoms with E-state index >= 15 is 0 Å². The number of piperidine rings is 2. The van der Waals surface area contributed by atoms with Crippen molar-refractivity contribution in [2.75, 3.05) is 26.2 Å². The van der Waals surface area contributed by atoms with Crippen LogP contribution < -0.4 is 5.32 Å². The molecule has 2 heterocycles. The van der Waals surface area contributed by atoms with Crippen molar-refractivity contribution >= 4 is 5.91 Å². The summed E-state index contributed by atoms with van der Waals surface area (Å²) < 4.78 is 0. The van der Waals surface area contributed by atoms with Crippen LogP contribution in [0, 0.1) is 10.8 Å². The third-order valence-electron chi connectivity index (χ3n) is 6.76. The number of likely N-dealkylation sites (tertiary alicyclic amines) is 1. The van der Waals surface area contributed by atoms with Crippen LogP contribution in [0.4, 0.5) is 0 Å². The average Bonchev–Trinajstić information content (AvgIpc) is 2.52. The molecule has 1 spiro atoms. The minimum Gasteiger partial charge on any atom is -0.392 e. The van der Waals surface area contributed by atoms with Crippen LogP contribution in [0.2, 0.25) is 0 Å². The van der Waals surface area contributed by atoms with Crippen molar-refractivity contribution in [1.82, 2.24) is 10.2 Å². The van der Waals surface area contributed by atoms with Crippen molar-refractivity contribution < 1.29 is 9.90 Å². The first-order valence-electron chi connectivity index (χ1n) is 9.73. The van der Waals surface area contributed by atoms with Gasteiger partial charge in [0, 0.05) is 26.2 Å². The molecule has 0 aromatic carbocycles. The Kier molecular flexibility index (Phi) is 5.08. The molecule has 1 amide bonds. The SMILES string of the molecule is CC1=C(CCN2CC[C@H](O)[C@@]3(CCCNC3=O)C2)C(C)(C)CCC1. The van der Waals surface area contributed by atoms with E-state index < -0.39 is 11.5 Å². The second-order valence-electron chi connectivity index (χ2n) is 8.84. The molecule has 2 fully saturated rings. The van der Waals surface area contributed by atoms with Crippen LogP contribution in [-0.4, -0.2) is 48.2 Å². The van der Waals surface area contributed by atoms with Crippen molar-refractivity contribution in [3.8, 4) is 0 Å². The molecule has 1 aliphatic carbocycles. The molecule has 0 aromatic heterocycles. The maximum absolute atomic E-state index is 12.5. The number of allylic oxidation sites excluding steroid dienone is 1. The summed E-state index contributed by atoms with van der Waals surface area (Å²) in [4.78, 5) is 14.9. The molecule has 24 heavy (non-hydrogen) atoms. The van der Waals surface area contributed by atoms with E-state index in [0.29, 0.717) is 12.0 Å². The Morgan fingerprint density at radius 2 is 2.08 bits per heavy atom. The van der Waals surface area contributed by atoms with Gasteiger partial charge in [0.1, 0.15) is 0 Å². The highest BCUT2D eigenvalue weighted by Gasteiger charge is 2.49. The van der Waals surface area contributed by atoms with Crippen molar-refractivity contribution in [3.63, 3.8) is 0 Å². The largest absolute Gasteiger partial charge is 0.392 e. The number of carbonyl (C=O) groups is 1. The van der Waals surface area contributed by atoms with Gasteiger partial charge < -0.3 is 15.3 Å². The van der Waals surface area contributed by atoms with Crippen molar-refractivity contribution in [3.05, 3.63) is 11.1 Å². The molecule has 0 bridgehead atoms. The predicted octanol–water partition coefficient (Wildman–Crippen LogP) is 2.87. The zero-order valence-corrected chi connectivity index (χ0v) is 15.7. The number of nitrogens with one attached hydrogen (secondary N) is 1. The lowest BCUT2D eigenvalue weighted by atomic mass is 9.70. The Morgan fingerprint density at radius 1 is 1.29 bits per heavy atom. The Bertz CT molecular complexity index is 526. The molecule has 2 saturated heterocycles. The second kappa shape index (κ2) is 6.80. The summed E-state index contributed by atoms with van der Waals surface area (Å²) >= 11 is 0. The minimum absolute atomic E-state index is 0.0688. The molecule has 3 aliphatic rings. The minimum atomic E-state index is -0.567. The van der Waals surface area contributed by atoms with Crippen LogP contribution in [0.15, 0.2) is 11.1 Å². The van der Waals surface area contributed by atoms with E-state index in [0.717, 1.165) is 45.3 Å². The van der Waals surface area contributed by atoms with Gasteiger partial charge in [-0.3, -0.25) is 4.79 Å². The molecule has 0 aromatic rings. The molecule has 0 saturated carbocycles. The summed E-state index contributed by atoms with van der Waals surface area (Å²) in [5.41, 5.74) is 2.95. The first-order chi connectivity index (χ1) is 11.3. The number of aliphatic hydroxyl groups excluding tert-OH is 1. The van der Waals surface area contributed by atoms with E-state index in [1.54, 1.807) is 11.1 Å². The summed E-state index contributed by atoms with van der Waals surface area (Å²) in [7, 11) is 0. The Balaban J connectivity index is 1.67. The van der Waals surface area contributed by atoms with Crippen LogP contribution in [0.1, 0.15) is 65.7 Å². The highest BCUT2D eigenvalue weighted by molar-refractivity contribution is 5.84. The van der Waals surface area contributed by atoms with E-state index in [-0.39, 0.29) is 5.91 Å².